The van der Waals surface area contributed by atoms with Crippen molar-refractivity contribution >= 4 is 11.3 Å². The molecule has 0 aliphatic carbocycles. The summed E-state index contributed by atoms with van der Waals surface area (Å²) in [5.41, 5.74) is 5.09. The molecule has 21 heavy (non-hydrogen) atoms. The van der Waals surface area contributed by atoms with E-state index in [-0.39, 0.29) is 6.04 Å². The van der Waals surface area contributed by atoms with Crippen LogP contribution < -0.4 is 11.3 Å². The molecule has 1 aromatic heterocycles. The molecular formula is C16H23N3OS. The summed E-state index contributed by atoms with van der Waals surface area (Å²) in [6.45, 7) is 3.58. The van der Waals surface area contributed by atoms with E-state index in [1.807, 2.05) is 25.1 Å². The average molecular weight is 305 g/mol. The molecule has 114 valence electrons. The Morgan fingerprint density at radius 1 is 1.33 bits per heavy atom. The minimum absolute atomic E-state index is 0.250. The van der Waals surface area contributed by atoms with E-state index >= 15 is 0 Å². The maximum atomic E-state index is 5.64. The first kappa shape index (κ1) is 16.1. The van der Waals surface area contributed by atoms with Gasteiger partial charge in [0.1, 0.15) is 0 Å². The smallest absolute Gasteiger partial charge is 0.0948 e. The molecule has 3 N–H and O–H groups in total. The van der Waals surface area contributed by atoms with Crippen molar-refractivity contribution in [2.75, 3.05) is 13.2 Å². The molecular weight excluding hydrogens is 282 g/mol. The number of hydrogen-bond donors (Lipinski definition) is 2. The number of hydrogen-bond acceptors (Lipinski definition) is 5. The predicted molar refractivity (Wildman–Crippen MR) is 88.1 cm³/mol. The Morgan fingerprint density at radius 3 is 2.86 bits per heavy atom. The molecule has 2 rings (SSSR count). The molecule has 1 atom stereocenters. The van der Waals surface area contributed by atoms with Gasteiger partial charge in [-0.15, -0.1) is 11.3 Å². The maximum Gasteiger partial charge on any atom is 0.0948 e. The number of nitrogens with two attached hydrogens (primary N) is 1. The second kappa shape index (κ2) is 8.89. The van der Waals surface area contributed by atoms with Gasteiger partial charge in [-0.1, -0.05) is 30.3 Å². The lowest BCUT2D eigenvalue weighted by Crippen LogP contribution is -2.36. The summed E-state index contributed by atoms with van der Waals surface area (Å²) in [5.74, 6) is 5.64. The van der Waals surface area contributed by atoms with E-state index in [1.54, 1.807) is 11.3 Å². The average Bonchev–Trinajstić information content (AvgIpc) is 3.00. The van der Waals surface area contributed by atoms with Crippen molar-refractivity contribution in [1.82, 2.24) is 10.4 Å². The van der Waals surface area contributed by atoms with Crippen molar-refractivity contribution in [2.24, 2.45) is 5.84 Å². The maximum absolute atomic E-state index is 5.64. The second-order valence-corrected chi connectivity index (χ2v) is 5.84. The van der Waals surface area contributed by atoms with Crippen molar-refractivity contribution in [3.05, 3.63) is 40.7 Å². The van der Waals surface area contributed by atoms with Gasteiger partial charge in [0, 0.05) is 36.6 Å². The molecule has 0 radical (unpaired) electrons. The summed E-state index contributed by atoms with van der Waals surface area (Å²) in [5, 5.41) is 3.23. The number of nitrogens with zero attached hydrogens (tertiary/aromatic N) is 1. The topological polar surface area (TPSA) is 60.2 Å². The zero-order valence-electron chi connectivity index (χ0n) is 12.4. The van der Waals surface area contributed by atoms with E-state index in [0.29, 0.717) is 0 Å². The van der Waals surface area contributed by atoms with Crippen molar-refractivity contribution in [3.63, 3.8) is 0 Å². The fourth-order valence-electron chi connectivity index (χ4n) is 2.18. The third-order valence-electron chi connectivity index (χ3n) is 3.32. The molecule has 2 aromatic rings. The molecule has 5 heteroatoms. The van der Waals surface area contributed by atoms with Crippen molar-refractivity contribution in [2.45, 2.75) is 32.2 Å². The molecule has 1 heterocycles. The van der Waals surface area contributed by atoms with E-state index in [2.05, 4.69) is 22.9 Å². The van der Waals surface area contributed by atoms with E-state index in [4.69, 9.17) is 15.6 Å². The fourth-order valence-corrected chi connectivity index (χ4v) is 3.06. The van der Waals surface area contributed by atoms with Gasteiger partial charge in [0.2, 0.25) is 0 Å². The summed E-state index contributed by atoms with van der Waals surface area (Å²) < 4.78 is 5.36. The summed E-state index contributed by atoms with van der Waals surface area (Å²) in [6.07, 6.45) is 2.87. The highest BCUT2D eigenvalue weighted by molar-refractivity contribution is 7.09. The van der Waals surface area contributed by atoms with Gasteiger partial charge in [-0.3, -0.25) is 11.3 Å². The first-order valence-corrected chi connectivity index (χ1v) is 8.25. The Labute approximate surface area is 130 Å². The molecule has 0 saturated carbocycles. The largest absolute Gasteiger partial charge is 0.382 e. The molecule has 0 saturated heterocycles. The number of hydrazine groups is 1. The molecule has 0 spiro atoms. The van der Waals surface area contributed by atoms with Gasteiger partial charge in [0.15, 0.2) is 0 Å². The third-order valence-corrected chi connectivity index (χ3v) is 4.19. The van der Waals surface area contributed by atoms with Crippen molar-refractivity contribution in [1.29, 1.82) is 0 Å². The van der Waals surface area contributed by atoms with Crippen LogP contribution in [0.2, 0.25) is 0 Å². The predicted octanol–water partition coefficient (Wildman–Crippen LogP) is 3.00. The fraction of sp³-hybridized carbons (Fsp3) is 0.438. The Kier molecular flexibility index (Phi) is 6.82. The first-order chi connectivity index (χ1) is 10.3. The van der Waals surface area contributed by atoms with Crippen LogP contribution in [-0.2, 0) is 11.2 Å². The Morgan fingerprint density at radius 2 is 2.14 bits per heavy atom. The summed E-state index contributed by atoms with van der Waals surface area (Å²) in [7, 11) is 0. The molecule has 0 aliphatic rings. The third kappa shape index (κ3) is 5.21. The zero-order valence-corrected chi connectivity index (χ0v) is 13.2. The quantitative estimate of drug-likeness (QED) is 0.425. The van der Waals surface area contributed by atoms with Gasteiger partial charge < -0.3 is 4.74 Å². The zero-order chi connectivity index (χ0) is 14.9. The van der Waals surface area contributed by atoms with Gasteiger partial charge in [0.25, 0.3) is 0 Å². The normalized spacial score (nSPS) is 12.5. The van der Waals surface area contributed by atoms with Gasteiger partial charge in [-0.05, 0) is 19.8 Å². The van der Waals surface area contributed by atoms with Gasteiger partial charge >= 0.3 is 0 Å². The van der Waals surface area contributed by atoms with Crippen molar-refractivity contribution in [3.8, 4) is 11.3 Å². The lowest BCUT2D eigenvalue weighted by atomic mass is 10.1. The molecule has 1 aromatic carbocycles. The van der Waals surface area contributed by atoms with Crippen LogP contribution in [0.15, 0.2) is 35.7 Å². The summed E-state index contributed by atoms with van der Waals surface area (Å²) in [4.78, 5) is 4.70. The number of rotatable bonds is 9. The number of ether oxygens (including phenoxy) is 1. The van der Waals surface area contributed by atoms with E-state index in [9.17, 15) is 0 Å². The summed E-state index contributed by atoms with van der Waals surface area (Å²) in [6, 6.07) is 10.5. The Bertz CT molecular complexity index is 515. The van der Waals surface area contributed by atoms with Crippen LogP contribution in [0, 0.1) is 0 Å². The first-order valence-electron chi connectivity index (χ1n) is 7.37. The molecule has 0 amide bonds. The Balaban J connectivity index is 1.88. The highest BCUT2D eigenvalue weighted by Gasteiger charge is 2.11. The number of aromatic nitrogens is 1. The highest BCUT2D eigenvalue weighted by atomic mass is 32.1. The standard InChI is InChI=1S/C16H23N3OS/c1-2-20-10-6-9-14(19-17)11-16-18-15(12-21-16)13-7-4-3-5-8-13/h3-5,7-8,12,14,19H,2,6,9-11,17H2,1H3. The molecule has 0 bridgehead atoms. The van der Waals surface area contributed by atoms with Crippen LogP contribution in [-0.4, -0.2) is 24.2 Å². The van der Waals surface area contributed by atoms with Crippen LogP contribution in [0.4, 0.5) is 0 Å². The van der Waals surface area contributed by atoms with Crippen LogP contribution in [0.1, 0.15) is 24.8 Å². The lowest BCUT2D eigenvalue weighted by Gasteiger charge is -2.14. The number of thiazole rings is 1. The number of benzene rings is 1. The molecule has 0 aliphatic heterocycles. The van der Waals surface area contributed by atoms with E-state index in [0.717, 1.165) is 48.7 Å². The van der Waals surface area contributed by atoms with Gasteiger partial charge in [-0.25, -0.2) is 4.98 Å². The van der Waals surface area contributed by atoms with Gasteiger partial charge in [-0.2, -0.15) is 0 Å². The van der Waals surface area contributed by atoms with Crippen LogP contribution >= 0.6 is 11.3 Å². The monoisotopic (exact) mass is 305 g/mol. The van der Waals surface area contributed by atoms with Crippen LogP contribution in [0.25, 0.3) is 11.3 Å². The minimum Gasteiger partial charge on any atom is -0.382 e. The SMILES string of the molecule is CCOCCCC(Cc1nc(-c2ccccc2)cs1)NN. The molecule has 0 fully saturated rings. The van der Waals surface area contributed by atoms with Gasteiger partial charge in [0.05, 0.1) is 10.7 Å². The summed E-state index contributed by atoms with van der Waals surface area (Å²) >= 11 is 1.69. The lowest BCUT2D eigenvalue weighted by molar-refractivity contribution is 0.140. The number of nitrogens with one attached hydrogen (secondary N) is 1. The Hall–Kier alpha value is -1.27. The molecule has 4 nitrogen and oxygen atoms in total. The van der Waals surface area contributed by atoms with E-state index < -0.39 is 0 Å². The van der Waals surface area contributed by atoms with Crippen LogP contribution in [0.5, 0.6) is 0 Å². The van der Waals surface area contributed by atoms with Crippen molar-refractivity contribution < 1.29 is 4.74 Å². The minimum atomic E-state index is 0.250. The highest BCUT2D eigenvalue weighted by Crippen LogP contribution is 2.22. The second-order valence-electron chi connectivity index (χ2n) is 4.90. The van der Waals surface area contributed by atoms with Crippen LogP contribution in [0.3, 0.4) is 0 Å². The van der Waals surface area contributed by atoms with E-state index in [1.165, 1.54) is 0 Å². The molecule has 1 unspecified atom stereocenters.